The molecule has 4 aromatic carbocycles. The smallest absolute Gasteiger partial charge is 0.324 e. The van der Waals surface area contributed by atoms with E-state index in [0.717, 1.165) is 9.87 Å². The Morgan fingerprint density at radius 2 is 1.44 bits per heavy atom. The van der Waals surface area contributed by atoms with Gasteiger partial charge in [-0.1, -0.05) is 54.1 Å². The Labute approximate surface area is 243 Å². The molecule has 4 rings (SSSR count). The van der Waals surface area contributed by atoms with Crippen molar-refractivity contribution in [1.29, 1.82) is 0 Å². The standard InChI is InChI=1S/C30H29ClN2O7S/c1-20(17-29(34)35)32(18-21-7-3-6-10-26(21)31)27-15-16-28(25-9-5-4-8-24(25)27)33(19-30(36)37)41(38,39)23-13-11-22(40-2)12-14-23/h3-16,20H,17-19H2,1-2H3,(H,34,35)(H,36,37)/t20-/m0/s1. The van der Waals surface area contributed by atoms with Gasteiger partial charge < -0.3 is 19.8 Å². The molecule has 0 aliphatic carbocycles. The number of carboxylic acids is 2. The Balaban J connectivity index is 1.89. The van der Waals surface area contributed by atoms with Crippen LogP contribution in [0.1, 0.15) is 18.9 Å². The molecule has 0 saturated heterocycles. The lowest BCUT2D eigenvalue weighted by atomic mass is 10.0. The molecule has 0 aromatic heterocycles. The summed E-state index contributed by atoms with van der Waals surface area (Å²) in [7, 11) is -2.84. The number of sulfonamides is 1. The van der Waals surface area contributed by atoms with E-state index in [4.69, 9.17) is 16.3 Å². The largest absolute Gasteiger partial charge is 0.497 e. The number of methoxy groups -OCH3 is 1. The zero-order valence-corrected chi connectivity index (χ0v) is 24.0. The van der Waals surface area contributed by atoms with Crippen LogP contribution in [0.5, 0.6) is 5.75 Å². The fourth-order valence-corrected chi connectivity index (χ4v) is 6.31. The van der Waals surface area contributed by atoms with Crippen LogP contribution in [-0.4, -0.2) is 50.3 Å². The van der Waals surface area contributed by atoms with Gasteiger partial charge in [0, 0.05) is 34.1 Å². The Morgan fingerprint density at radius 3 is 2.02 bits per heavy atom. The van der Waals surface area contributed by atoms with Gasteiger partial charge in [0.15, 0.2) is 0 Å². The summed E-state index contributed by atoms with van der Waals surface area (Å²) >= 11 is 6.45. The maximum absolute atomic E-state index is 13.8. The van der Waals surface area contributed by atoms with Crippen molar-refractivity contribution >= 4 is 55.7 Å². The number of fused-ring (bicyclic) bond motifs is 1. The number of hydrogen-bond acceptors (Lipinski definition) is 6. The highest BCUT2D eigenvalue weighted by Crippen LogP contribution is 2.38. The van der Waals surface area contributed by atoms with E-state index in [0.29, 0.717) is 33.8 Å². The molecule has 9 nitrogen and oxygen atoms in total. The molecule has 1 atom stereocenters. The van der Waals surface area contributed by atoms with E-state index in [2.05, 4.69) is 0 Å². The predicted octanol–water partition coefficient (Wildman–Crippen LogP) is 5.65. The molecule has 11 heteroatoms. The van der Waals surface area contributed by atoms with Gasteiger partial charge in [0.1, 0.15) is 12.3 Å². The molecule has 214 valence electrons. The third-order valence-electron chi connectivity index (χ3n) is 6.68. The van der Waals surface area contributed by atoms with Crippen molar-refractivity contribution < 1.29 is 33.0 Å². The number of aliphatic carboxylic acids is 2. The SMILES string of the molecule is COc1ccc(S(=O)(=O)N(CC(=O)O)c2ccc(N(Cc3ccccc3Cl)[C@@H](C)CC(=O)O)c3ccccc23)cc1. The van der Waals surface area contributed by atoms with Crippen LogP contribution >= 0.6 is 11.6 Å². The molecule has 0 fully saturated rings. The van der Waals surface area contributed by atoms with Gasteiger partial charge in [-0.2, -0.15) is 0 Å². The summed E-state index contributed by atoms with van der Waals surface area (Å²) in [5.74, 6) is -1.84. The van der Waals surface area contributed by atoms with E-state index in [1.165, 1.54) is 31.4 Å². The van der Waals surface area contributed by atoms with E-state index >= 15 is 0 Å². The van der Waals surface area contributed by atoms with E-state index in [1.807, 2.05) is 17.0 Å². The fourth-order valence-electron chi connectivity index (χ4n) is 4.68. The van der Waals surface area contributed by atoms with Gasteiger partial charge in [-0.25, -0.2) is 8.42 Å². The highest BCUT2D eigenvalue weighted by Gasteiger charge is 2.30. The van der Waals surface area contributed by atoms with Gasteiger partial charge in [0.2, 0.25) is 0 Å². The number of anilines is 2. The van der Waals surface area contributed by atoms with Gasteiger partial charge in [0.05, 0.1) is 24.1 Å². The molecule has 0 aliphatic rings. The third-order valence-corrected chi connectivity index (χ3v) is 8.83. The third kappa shape index (κ3) is 6.55. The first-order chi connectivity index (χ1) is 19.5. The summed E-state index contributed by atoms with van der Waals surface area (Å²) in [6, 6.07) is 22.7. The van der Waals surface area contributed by atoms with Crippen LogP contribution < -0.4 is 13.9 Å². The lowest BCUT2D eigenvalue weighted by molar-refractivity contribution is -0.137. The summed E-state index contributed by atoms with van der Waals surface area (Å²) in [4.78, 5) is 25.4. The van der Waals surface area contributed by atoms with Crippen LogP contribution in [-0.2, 0) is 26.2 Å². The van der Waals surface area contributed by atoms with Crippen LogP contribution in [0.15, 0.2) is 89.8 Å². The quantitative estimate of drug-likeness (QED) is 0.215. The lowest BCUT2D eigenvalue weighted by Crippen LogP contribution is -2.36. The minimum absolute atomic E-state index is 0.0943. The number of benzene rings is 4. The molecule has 4 aromatic rings. The van der Waals surface area contributed by atoms with Crippen LogP contribution in [0, 0.1) is 0 Å². The number of carbonyl (C=O) groups is 2. The first-order valence-electron chi connectivity index (χ1n) is 12.6. The number of ether oxygens (including phenoxy) is 1. The molecule has 41 heavy (non-hydrogen) atoms. The second-order valence-electron chi connectivity index (χ2n) is 9.40. The molecule has 0 bridgehead atoms. The Morgan fingerprint density at radius 1 is 0.854 bits per heavy atom. The second-order valence-corrected chi connectivity index (χ2v) is 11.7. The highest BCUT2D eigenvalue weighted by molar-refractivity contribution is 7.92. The molecule has 0 unspecified atom stereocenters. The van der Waals surface area contributed by atoms with Crippen molar-refractivity contribution in [1.82, 2.24) is 0 Å². The van der Waals surface area contributed by atoms with Gasteiger partial charge >= 0.3 is 11.9 Å². The summed E-state index contributed by atoms with van der Waals surface area (Å²) in [6.45, 7) is 1.27. The van der Waals surface area contributed by atoms with Gasteiger partial charge in [-0.05, 0) is 55.0 Å². The maximum atomic E-state index is 13.8. The van der Waals surface area contributed by atoms with Crippen molar-refractivity contribution in [3.8, 4) is 5.75 Å². The number of hydrogen-bond donors (Lipinski definition) is 2. The minimum Gasteiger partial charge on any atom is -0.497 e. The predicted molar refractivity (Wildman–Crippen MR) is 158 cm³/mol. The summed E-state index contributed by atoms with van der Waals surface area (Å²) in [6.07, 6.45) is -0.155. The van der Waals surface area contributed by atoms with E-state index in [1.54, 1.807) is 55.5 Å². The van der Waals surface area contributed by atoms with Gasteiger partial charge in [-0.3, -0.25) is 13.9 Å². The zero-order chi connectivity index (χ0) is 29.7. The molecule has 0 aliphatic heterocycles. The van der Waals surface area contributed by atoms with E-state index in [9.17, 15) is 28.2 Å². The first-order valence-corrected chi connectivity index (χ1v) is 14.5. The molecule has 0 heterocycles. The highest BCUT2D eigenvalue weighted by atomic mass is 35.5. The molecule has 0 saturated carbocycles. The normalized spacial score (nSPS) is 12.1. The number of carboxylic acid groups (broad SMARTS) is 2. The molecule has 2 N–H and O–H groups in total. The first kappa shape index (κ1) is 29.7. The molecule has 0 amide bonds. The van der Waals surface area contributed by atoms with Crippen LogP contribution in [0.25, 0.3) is 10.8 Å². The topological polar surface area (TPSA) is 124 Å². The van der Waals surface area contributed by atoms with Crippen LogP contribution in [0.2, 0.25) is 5.02 Å². The summed E-state index contributed by atoms with van der Waals surface area (Å²) in [5.41, 5.74) is 1.61. The average molecular weight is 597 g/mol. The van der Waals surface area contributed by atoms with Crippen molar-refractivity contribution in [2.45, 2.75) is 30.8 Å². The average Bonchev–Trinajstić information content (AvgIpc) is 2.94. The molecular weight excluding hydrogens is 568 g/mol. The second kappa shape index (κ2) is 12.5. The Kier molecular flexibility index (Phi) is 9.05. The molecule has 0 spiro atoms. The van der Waals surface area contributed by atoms with Crippen LogP contribution in [0.3, 0.4) is 0 Å². The van der Waals surface area contributed by atoms with Crippen LogP contribution in [0.4, 0.5) is 11.4 Å². The maximum Gasteiger partial charge on any atom is 0.324 e. The minimum atomic E-state index is -4.30. The Bertz CT molecular complexity index is 1680. The number of halogens is 1. The molecule has 0 radical (unpaired) electrons. The van der Waals surface area contributed by atoms with Crippen molar-refractivity contribution in [2.24, 2.45) is 0 Å². The van der Waals surface area contributed by atoms with Crippen molar-refractivity contribution in [2.75, 3.05) is 22.9 Å². The molecular formula is C30H29ClN2O7S. The monoisotopic (exact) mass is 596 g/mol. The number of nitrogens with zero attached hydrogens (tertiary/aromatic N) is 2. The number of rotatable bonds is 12. The van der Waals surface area contributed by atoms with Crippen molar-refractivity contribution in [3.63, 3.8) is 0 Å². The fraction of sp³-hybridized carbons (Fsp3) is 0.200. The summed E-state index contributed by atoms with van der Waals surface area (Å²) in [5, 5.41) is 20.9. The summed E-state index contributed by atoms with van der Waals surface area (Å²) < 4.78 is 33.5. The van der Waals surface area contributed by atoms with E-state index < -0.39 is 34.5 Å². The van der Waals surface area contributed by atoms with Crippen molar-refractivity contribution in [3.05, 3.63) is 95.5 Å². The van der Waals surface area contributed by atoms with E-state index in [-0.39, 0.29) is 17.0 Å². The lowest BCUT2D eigenvalue weighted by Gasteiger charge is -2.33. The zero-order valence-electron chi connectivity index (χ0n) is 22.4. The van der Waals surface area contributed by atoms with Gasteiger partial charge in [-0.15, -0.1) is 0 Å². The Hall–Kier alpha value is -4.28. The van der Waals surface area contributed by atoms with Gasteiger partial charge in [0.25, 0.3) is 10.0 Å².